The molecule has 0 bridgehead atoms. The predicted octanol–water partition coefficient (Wildman–Crippen LogP) is 4.92. The van der Waals surface area contributed by atoms with E-state index in [-0.39, 0.29) is 11.6 Å². The van der Waals surface area contributed by atoms with Crippen LogP contribution >= 0.6 is 34.8 Å². The van der Waals surface area contributed by atoms with Gasteiger partial charge in [-0.1, -0.05) is 122 Å². The molecule has 0 saturated heterocycles. The highest BCUT2D eigenvalue weighted by Gasteiger charge is 2.52. The second-order valence-electron chi connectivity index (χ2n) is 9.01. The Kier molecular flexibility index (Phi) is 10.1. The molecule has 2 aromatic rings. The van der Waals surface area contributed by atoms with Crippen molar-refractivity contribution in [1.82, 2.24) is 4.90 Å². The molecule has 5 nitrogen and oxygen atoms in total. The van der Waals surface area contributed by atoms with Crippen LogP contribution in [0.2, 0.25) is 5.04 Å². The summed E-state index contributed by atoms with van der Waals surface area (Å²) < 4.78 is 10.4. The number of nitrogens with zero attached hydrogens (tertiary/aromatic N) is 1. The average Bonchev–Trinajstić information content (AvgIpc) is 2.79. The molecule has 0 fully saturated rings. The van der Waals surface area contributed by atoms with Crippen molar-refractivity contribution in [1.29, 1.82) is 0 Å². The third-order valence-corrected chi connectivity index (χ3v) is 11.0. The first-order valence-corrected chi connectivity index (χ1v) is 13.9. The fourth-order valence-electron chi connectivity index (χ4n) is 4.01. The molecule has 2 rings (SSSR count). The second-order valence-corrected chi connectivity index (χ2v) is 15.8. The summed E-state index contributed by atoms with van der Waals surface area (Å²) in [5, 5.41) is 12.1. The summed E-state index contributed by atoms with van der Waals surface area (Å²) in [5.74, 6) is 0. The number of likely N-dealkylation sites (N-methyl/N-ethyl adjacent to an activating group) is 1. The zero-order valence-electron chi connectivity index (χ0n) is 19.9. The molecule has 2 atom stereocenters. The summed E-state index contributed by atoms with van der Waals surface area (Å²) in [4.78, 5) is 13.9. The van der Waals surface area contributed by atoms with Crippen molar-refractivity contribution >= 4 is 59.6 Å². The zero-order chi connectivity index (χ0) is 25.6. The molecule has 1 amide bonds. The van der Waals surface area contributed by atoms with E-state index < -0.39 is 37.0 Å². The lowest BCUT2D eigenvalue weighted by Gasteiger charge is -2.46. The van der Waals surface area contributed by atoms with Crippen LogP contribution in [0.15, 0.2) is 73.3 Å². The Balaban J connectivity index is 2.53. The number of aliphatic hydroxyl groups excluding tert-OH is 1. The molecule has 0 aliphatic rings. The lowest BCUT2D eigenvalue weighted by atomic mass is 10.1. The van der Waals surface area contributed by atoms with E-state index in [9.17, 15) is 9.90 Å². The van der Waals surface area contributed by atoms with Crippen LogP contribution in [0.5, 0.6) is 0 Å². The topological polar surface area (TPSA) is 59.0 Å². The van der Waals surface area contributed by atoms with Gasteiger partial charge in [0.1, 0.15) is 6.61 Å². The van der Waals surface area contributed by atoms with Crippen LogP contribution in [0.3, 0.4) is 0 Å². The summed E-state index contributed by atoms with van der Waals surface area (Å²) in [6.07, 6.45) is 0.156. The van der Waals surface area contributed by atoms with Gasteiger partial charge in [-0.25, -0.2) is 4.79 Å². The number of carbonyl (C=O) groups excluding carboxylic acids is 1. The number of aliphatic hydroxyl groups is 1. The number of ether oxygens (including phenoxy) is 1. The highest BCUT2D eigenvalue weighted by Crippen LogP contribution is 2.38. The average molecular weight is 545 g/mol. The number of amides is 1. The molecule has 0 aromatic heterocycles. The maximum atomic E-state index is 12.7. The van der Waals surface area contributed by atoms with Gasteiger partial charge in [-0.3, -0.25) is 0 Å². The molecule has 0 heterocycles. The molecule has 0 unspecified atom stereocenters. The summed E-state index contributed by atoms with van der Waals surface area (Å²) in [6.45, 7) is 9.59. The van der Waals surface area contributed by atoms with Gasteiger partial charge in [0.25, 0.3) is 8.32 Å². The SMILES string of the molecule is C=C[C@H](O[Si](c1ccccc1)(c1ccccc1)C(C)(C)C)[C@@H](CO)N(C)C(=O)OCC(Cl)(Cl)Cl. The standard InChI is InChI=1S/C25H32Cl3NO4Si/c1-6-22(21(17-30)29(5)23(31)32-18-25(26,27)28)33-34(24(2,3)4,19-13-9-7-10-14-19)20-15-11-8-12-16-20/h6-16,21-22,30H,1,17-18H2,2-5H3/t21-,22+/m1/s1. The fraction of sp³-hybridized carbons (Fsp3) is 0.400. The van der Waals surface area contributed by atoms with Gasteiger partial charge in [0.05, 0.1) is 18.8 Å². The molecule has 0 aliphatic carbocycles. The van der Waals surface area contributed by atoms with Crippen molar-refractivity contribution in [2.75, 3.05) is 20.3 Å². The number of benzene rings is 2. The Hall–Kier alpha value is -1.54. The Labute approximate surface area is 218 Å². The van der Waals surface area contributed by atoms with Gasteiger partial charge in [0.2, 0.25) is 3.79 Å². The number of rotatable bonds is 9. The van der Waals surface area contributed by atoms with E-state index in [0.29, 0.717) is 0 Å². The van der Waals surface area contributed by atoms with Crippen LogP contribution < -0.4 is 10.4 Å². The van der Waals surface area contributed by atoms with E-state index in [1.165, 1.54) is 11.9 Å². The summed E-state index contributed by atoms with van der Waals surface area (Å²) in [5.41, 5.74) is 0. The highest BCUT2D eigenvalue weighted by atomic mass is 35.6. The van der Waals surface area contributed by atoms with Crippen molar-refractivity contribution in [3.8, 4) is 0 Å². The van der Waals surface area contributed by atoms with E-state index in [1.807, 2.05) is 36.4 Å². The highest BCUT2D eigenvalue weighted by molar-refractivity contribution is 6.99. The predicted molar refractivity (Wildman–Crippen MR) is 143 cm³/mol. The van der Waals surface area contributed by atoms with Crippen LogP contribution in [0, 0.1) is 0 Å². The number of halogens is 3. The number of hydrogen-bond donors (Lipinski definition) is 1. The summed E-state index contributed by atoms with van der Waals surface area (Å²) in [7, 11) is -1.46. The maximum Gasteiger partial charge on any atom is 0.410 e. The van der Waals surface area contributed by atoms with Gasteiger partial charge >= 0.3 is 6.09 Å². The molecule has 34 heavy (non-hydrogen) atoms. The number of carbonyl (C=O) groups is 1. The molecule has 0 aliphatic heterocycles. The Morgan fingerprint density at radius 3 is 1.88 bits per heavy atom. The minimum absolute atomic E-state index is 0.300. The van der Waals surface area contributed by atoms with E-state index in [1.54, 1.807) is 6.08 Å². The lowest BCUT2D eigenvalue weighted by Crippen LogP contribution is -2.69. The van der Waals surface area contributed by atoms with Crippen molar-refractivity contribution in [3.63, 3.8) is 0 Å². The number of hydrogen-bond acceptors (Lipinski definition) is 4. The van der Waals surface area contributed by atoms with Gasteiger partial charge in [-0.2, -0.15) is 0 Å². The molecule has 0 radical (unpaired) electrons. The Morgan fingerprint density at radius 1 is 1.06 bits per heavy atom. The van der Waals surface area contributed by atoms with Crippen molar-refractivity contribution in [2.45, 2.75) is 41.7 Å². The largest absolute Gasteiger partial charge is 0.445 e. The molecule has 9 heteroatoms. The van der Waals surface area contributed by atoms with Crippen molar-refractivity contribution < 1.29 is 19.1 Å². The molecule has 186 valence electrons. The van der Waals surface area contributed by atoms with Gasteiger partial charge in [-0.05, 0) is 15.4 Å². The zero-order valence-corrected chi connectivity index (χ0v) is 23.1. The van der Waals surface area contributed by atoms with Gasteiger partial charge in [0, 0.05) is 7.05 Å². The third kappa shape index (κ3) is 6.77. The van der Waals surface area contributed by atoms with Gasteiger partial charge in [-0.15, -0.1) is 6.58 Å². The third-order valence-electron chi connectivity index (χ3n) is 5.67. The maximum absolute atomic E-state index is 12.7. The molecule has 1 N–H and O–H groups in total. The van der Waals surface area contributed by atoms with Crippen molar-refractivity contribution in [3.05, 3.63) is 73.3 Å². The van der Waals surface area contributed by atoms with Gasteiger partial charge in [0.15, 0.2) is 0 Å². The Morgan fingerprint density at radius 2 is 1.53 bits per heavy atom. The fourth-order valence-corrected chi connectivity index (χ4v) is 8.85. The van der Waals surface area contributed by atoms with Crippen LogP contribution in [0.25, 0.3) is 0 Å². The number of alkyl halides is 3. The first-order valence-electron chi connectivity index (χ1n) is 10.9. The quantitative estimate of drug-likeness (QED) is 0.277. The second kappa shape index (κ2) is 11.9. The monoisotopic (exact) mass is 543 g/mol. The molecule has 2 aromatic carbocycles. The summed E-state index contributed by atoms with van der Waals surface area (Å²) >= 11 is 17.1. The molecule has 0 spiro atoms. The summed E-state index contributed by atoms with van der Waals surface area (Å²) in [6, 6.07) is 19.4. The van der Waals surface area contributed by atoms with E-state index >= 15 is 0 Å². The first-order chi connectivity index (χ1) is 15.9. The smallest absolute Gasteiger partial charge is 0.410 e. The minimum Gasteiger partial charge on any atom is -0.445 e. The normalized spacial score (nSPS) is 14.2. The lowest BCUT2D eigenvalue weighted by molar-refractivity contribution is 0.0437. The van der Waals surface area contributed by atoms with Crippen LogP contribution in [0.4, 0.5) is 4.79 Å². The van der Waals surface area contributed by atoms with E-state index in [2.05, 4.69) is 51.6 Å². The van der Waals surface area contributed by atoms with Gasteiger partial charge < -0.3 is 19.2 Å². The molecular formula is C25H32Cl3NO4Si. The molecular weight excluding hydrogens is 513 g/mol. The Bertz CT molecular complexity index is 893. The van der Waals surface area contributed by atoms with E-state index in [0.717, 1.165) is 10.4 Å². The molecule has 0 saturated carbocycles. The van der Waals surface area contributed by atoms with Crippen LogP contribution in [-0.2, 0) is 9.16 Å². The van der Waals surface area contributed by atoms with Crippen LogP contribution in [0.1, 0.15) is 20.8 Å². The van der Waals surface area contributed by atoms with Crippen LogP contribution in [-0.4, -0.2) is 60.6 Å². The minimum atomic E-state index is -2.97. The van der Waals surface area contributed by atoms with Crippen molar-refractivity contribution in [2.24, 2.45) is 0 Å². The van der Waals surface area contributed by atoms with E-state index in [4.69, 9.17) is 44.0 Å². The first kappa shape index (κ1) is 28.7.